The fourth-order valence-corrected chi connectivity index (χ4v) is 2.99. The number of piperidine rings is 1. The summed E-state index contributed by atoms with van der Waals surface area (Å²) >= 11 is 0. The van der Waals surface area contributed by atoms with Gasteiger partial charge in [0, 0.05) is 31.2 Å². The summed E-state index contributed by atoms with van der Waals surface area (Å²) in [5.41, 5.74) is 0. The van der Waals surface area contributed by atoms with E-state index >= 15 is 0 Å². The fraction of sp³-hybridized carbons (Fsp3) is 1.00. The van der Waals surface area contributed by atoms with Crippen LogP contribution in [0.2, 0.25) is 0 Å². The van der Waals surface area contributed by atoms with Crippen LogP contribution in [0.3, 0.4) is 0 Å². The Hall–Kier alpha value is -0.120. The van der Waals surface area contributed by atoms with E-state index in [9.17, 15) is 5.11 Å². The molecule has 3 nitrogen and oxygen atoms in total. The first kappa shape index (κ1) is 14.9. The van der Waals surface area contributed by atoms with Gasteiger partial charge in [0.15, 0.2) is 0 Å². The number of hydrogen-bond acceptors (Lipinski definition) is 3. The van der Waals surface area contributed by atoms with Crippen molar-refractivity contribution in [2.45, 2.75) is 59.2 Å². The van der Waals surface area contributed by atoms with Crippen molar-refractivity contribution in [1.29, 1.82) is 0 Å². The number of aliphatic hydroxyl groups excluding tert-OH is 1. The molecule has 0 radical (unpaired) electrons. The second kappa shape index (κ2) is 6.72. The van der Waals surface area contributed by atoms with Gasteiger partial charge in [-0.1, -0.05) is 27.7 Å². The van der Waals surface area contributed by atoms with Crippen LogP contribution in [0.15, 0.2) is 0 Å². The maximum Gasteiger partial charge on any atom is 0.0597 e. The van der Waals surface area contributed by atoms with Crippen molar-refractivity contribution in [1.82, 2.24) is 10.2 Å². The summed E-state index contributed by atoms with van der Waals surface area (Å²) in [5.74, 6) is 1.54. The number of rotatable bonds is 5. The molecule has 102 valence electrons. The number of nitrogens with zero attached hydrogens (tertiary/aromatic N) is 1. The predicted molar refractivity (Wildman–Crippen MR) is 73.1 cm³/mol. The molecule has 4 unspecified atom stereocenters. The summed E-state index contributed by atoms with van der Waals surface area (Å²) in [7, 11) is 0. The van der Waals surface area contributed by atoms with Crippen molar-refractivity contribution in [3.8, 4) is 0 Å². The Morgan fingerprint density at radius 3 is 2.47 bits per heavy atom. The van der Waals surface area contributed by atoms with E-state index in [2.05, 4.69) is 44.8 Å². The van der Waals surface area contributed by atoms with E-state index in [1.54, 1.807) is 0 Å². The van der Waals surface area contributed by atoms with Gasteiger partial charge in [0.05, 0.1) is 6.61 Å². The molecule has 4 atom stereocenters. The Kier molecular flexibility index (Phi) is 5.90. The van der Waals surface area contributed by atoms with Gasteiger partial charge in [0.25, 0.3) is 0 Å². The Balaban J connectivity index is 2.52. The summed E-state index contributed by atoms with van der Waals surface area (Å²) in [6.45, 7) is 13.6. The minimum absolute atomic E-state index is 0.204. The van der Waals surface area contributed by atoms with Gasteiger partial charge in [0.2, 0.25) is 0 Å². The molecule has 1 heterocycles. The second-order valence-electron chi connectivity index (χ2n) is 6.21. The van der Waals surface area contributed by atoms with Crippen LogP contribution in [0.25, 0.3) is 0 Å². The van der Waals surface area contributed by atoms with Gasteiger partial charge in [-0.15, -0.1) is 0 Å². The van der Waals surface area contributed by atoms with Crippen molar-refractivity contribution in [2.24, 2.45) is 11.8 Å². The number of likely N-dealkylation sites (tertiary alicyclic amines) is 1. The maximum atomic E-state index is 9.43. The molecule has 2 N–H and O–H groups in total. The zero-order valence-electron chi connectivity index (χ0n) is 12.1. The van der Waals surface area contributed by atoms with E-state index in [4.69, 9.17) is 0 Å². The Labute approximate surface area is 107 Å². The van der Waals surface area contributed by atoms with Crippen molar-refractivity contribution >= 4 is 0 Å². The van der Waals surface area contributed by atoms with Gasteiger partial charge >= 0.3 is 0 Å². The largest absolute Gasteiger partial charge is 0.395 e. The molecule has 1 fully saturated rings. The highest BCUT2D eigenvalue weighted by atomic mass is 16.3. The molecule has 0 aliphatic carbocycles. The summed E-state index contributed by atoms with van der Waals surface area (Å²) < 4.78 is 0. The van der Waals surface area contributed by atoms with Crippen molar-refractivity contribution in [3.63, 3.8) is 0 Å². The molecular weight excluding hydrogens is 212 g/mol. The molecule has 0 bridgehead atoms. The molecule has 1 aliphatic heterocycles. The molecule has 0 aromatic rings. The summed E-state index contributed by atoms with van der Waals surface area (Å²) in [6.07, 6.45) is 1.33. The third kappa shape index (κ3) is 4.57. The first-order valence-electron chi connectivity index (χ1n) is 7.05. The monoisotopic (exact) mass is 242 g/mol. The fourth-order valence-electron chi connectivity index (χ4n) is 2.99. The highest BCUT2D eigenvalue weighted by molar-refractivity contribution is 4.85. The Morgan fingerprint density at radius 2 is 1.94 bits per heavy atom. The van der Waals surface area contributed by atoms with Gasteiger partial charge < -0.3 is 10.4 Å². The number of hydrogen-bond donors (Lipinski definition) is 2. The smallest absolute Gasteiger partial charge is 0.0597 e. The number of nitrogens with one attached hydrogen (secondary N) is 1. The van der Waals surface area contributed by atoms with Crippen molar-refractivity contribution < 1.29 is 5.11 Å². The molecular formula is C14H30N2O. The molecule has 0 saturated carbocycles. The molecule has 1 aliphatic rings. The molecule has 0 aromatic heterocycles. The summed E-state index contributed by atoms with van der Waals surface area (Å²) in [4.78, 5) is 2.54. The molecule has 1 rings (SSSR count). The van der Waals surface area contributed by atoms with E-state index in [1.807, 2.05) is 0 Å². The van der Waals surface area contributed by atoms with Crippen molar-refractivity contribution in [3.05, 3.63) is 0 Å². The zero-order valence-corrected chi connectivity index (χ0v) is 12.1. The first-order valence-corrected chi connectivity index (χ1v) is 7.05. The lowest BCUT2D eigenvalue weighted by molar-refractivity contribution is 0.0600. The Morgan fingerprint density at radius 1 is 1.29 bits per heavy atom. The average molecular weight is 242 g/mol. The third-order valence-corrected chi connectivity index (χ3v) is 3.96. The molecule has 1 saturated heterocycles. The maximum absolute atomic E-state index is 9.43. The predicted octanol–water partition coefficient (Wildman–Crippen LogP) is 1.71. The van der Waals surface area contributed by atoms with Gasteiger partial charge in [-0.05, 0) is 25.2 Å². The SMILES string of the molecule is CC1CC(C)C(C)N(CC(CO)NC(C)C)C1. The molecule has 0 aromatic carbocycles. The number of aliphatic hydroxyl groups is 1. The van der Waals surface area contributed by atoms with Gasteiger partial charge in [-0.25, -0.2) is 0 Å². The lowest BCUT2D eigenvalue weighted by Crippen LogP contribution is -2.53. The quantitative estimate of drug-likeness (QED) is 0.770. The molecule has 0 amide bonds. The van der Waals surface area contributed by atoms with Crippen LogP contribution in [-0.2, 0) is 0 Å². The lowest BCUT2D eigenvalue weighted by Gasteiger charge is -2.42. The molecule has 0 spiro atoms. The topological polar surface area (TPSA) is 35.5 Å². The zero-order chi connectivity index (χ0) is 13.0. The van der Waals surface area contributed by atoms with Crippen LogP contribution in [0, 0.1) is 11.8 Å². The van der Waals surface area contributed by atoms with E-state index in [1.165, 1.54) is 13.0 Å². The lowest BCUT2D eigenvalue weighted by atomic mass is 9.86. The van der Waals surface area contributed by atoms with Crippen LogP contribution in [0.4, 0.5) is 0 Å². The highest BCUT2D eigenvalue weighted by Gasteiger charge is 2.29. The van der Waals surface area contributed by atoms with Gasteiger partial charge in [0.1, 0.15) is 0 Å². The molecule has 17 heavy (non-hydrogen) atoms. The van der Waals surface area contributed by atoms with Crippen LogP contribution in [0.1, 0.15) is 41.0 Å². The highest BCUT2D eigenvalue weighted by Crippen LogP contribution is 2.26. The van der Waals surface area contributed by atoms with Gasteiger partial charge in [-0.3, -0.25) is 4.90 Å². The first-order chi connectivity index (χ1) is 7.93. The third-order valence-electron chi connectivity index (χ3n) is 3.96. The van der Waals surface area contributed by atoms with Gasteiger partial charge in [-0.2, -0.15) is 0 Å². The van der Waals surface area contributed by atoms with Crippen LogP contribution >= 0.6 is 0 Å². The second-order valence-corrected chi connectivity index (χ2v) is 6.21. The average Bonchev–Trinajstić information content (AvgIpc) is 2.23. The summed E-state index contributed by atoms with van der Waals surface area (Å²) in [5, 5.41) is 12.9. The standard InChI is InChI=1S/C14H30N2O/c1-10(2)15-14(9-17)8-16-7-11(3)6-12(4)13(16)5/h10-15,17H,6-9H2,1-5H3. The van der Waals surface area contributed by atoms with E-state index in [0.29, 0.717) is 12.1 Å². The van der Waals surface area contributed by atoms with E-state index < -0.39 is 0 Å². The van der Waals surface area contributed by atoms with Crippen LogP contribution in [0.5, 0.6) is 0 Å². The summed E-state index contributed by atoms with van der Waals surface area (Å²) in [6, 6.07) is 1.27. The van der Waals surface area contributed by atoms with Crippen molar-refractivity contribution in [2.75, 3.05) is 19.7 Å². The molecule has 3 heteroatoms. The minimum Gasteiger partial charge on any atom is -0.395 e. The normalized spacial score (nSPS) is 33.0. The van der Waals surface area contributed by atoms with Crippen LogP contribution < -0.4 is 5.32 Å². The van der Waals surface area contributed by atoms with E-state index in [0.717, 1.165) is 18.4 Å². The Bertz CT molecular complexity index is 220. The van der Waals surface area contributed by atoms with Crippen LogP contribution in [-0.4, -0.2) is 47.8 Å². The minimum atomic E-state index is 0.204. The van der Waals surface area contributed by atoms with E-state index in [-0.39, 0.29) is 12.6 Å².